The van der Waals surface area contributed by atoms with Gasteiger partial charge in [0.05, 0.1) is 17.8 Å². The van der Waals surface area contributed by atoms with Gasteiger partial charge in [0.2, 0.25) is 0 Å². The summed E-state index contributed by atoms with van der Waals surface area (Å²) in [5.41, 5.74) is 10.9. The highest BCUT2D eigenvalue weighted by Crippen LogP contribution is 2.41. The highest BCUT2D eigenvalue weighted by molar-refractivity contribution is 5.98. The molecule has 3 atom stereocenters. The van der Waals surface area contributed by atoms with E-state index < -0.39 is 5.82 Å². The Morgan fingerprint density at radius 3 is 2.49 bits per heavy atom. The van der Waals surface area contributed by atoms with Gasteiger partial charge < -0.3 is 20.3 Å². The lowest BCUT2D eigenvalue weighted by Gasteiger charge is -2.38. The lowest BCUT2D eigenvalue weighted by molar-refractivity contribution is 0.0575. The number of halogens is 1. The summed E-state index contributed by atoms with van der Waals surface area (Å²) in [5, 5.41) is 9.21. The van der Waals surface area contributed by atoms with Gasteiger partial charge in [-0.1, -0.05) is 18.2 Å². The molecule has 1 amide bonds. The molecule has 2 bridgehead atoms. The molecule has 2 saturated heterocycles. The molecule has 0 spiro atoms. The van der Waals surface area contributed by atoms with Crippen LogP contribution in [0.25, 0.3) is 22.3 Å². The van der Waals surface area contributed by atoms with Gasteiger partial charge >= 0.3 is 0 Å². The minimum atomic E-state index is -0.582. The number of hydrogen-bond donors (Lipinski definition) is 1. The number of hydrogen-bond acceptors (Lipinski definition) is 5. The number of fused-ring (bicyclic) bond motifs is 3. The van der Waals surface area contributed by atoms with Crippen molar-refractivity contribution in [3.63, 3.8) is 0 Å². The first-order valence-corrected chi connectivity index (χ1v) is 12.8. The second-order valence-electron chi connectivity index (χ2n) is 10.3. The Morgan fingerprint density at radius 1 is 1.03 bits per heavy atom. The van der Waals surface area contributed by atoms with Crippen molar-refractivity contribution in [1.82, 2.24) is 4.90 Å². The van der Waals surface area contributed by atoms with Crippen molar-refractivity contribution in [3.8, 4) is 34.1 Å². The van der Waals surface area contributed by atoms with Gasteiger partial charge in [0.15, 0.2) is 0 Å². The van der Waals surface area contributed by atoms with E-state index in [2.05, 4.69) is 4.90 Å². The Bertz CT molecular complexity index is 1420. The largest absolute Gasteiger partial charge is 0.490 e. The summed E-state index contributed by atoms with van der Waals surface area (Å²) in [7, 11) is 2.03. The maximum absolute atomic E-state index is 14.7. The summed E-state index contributed by atoms with van der Waals surface area (Å²) >= 11 is 0. The second-order valence-corrected chi connectivity index (χ2v) is 10.3. The minimum absolute atomic E-state index is 0.00304. The summed E-state index contributed by atoms with van der Waals surface area (Å²) < 4.78 is 20.6. The monoisotopic (exact) mass is 496 g/mol. The molecule has 2 N–H and O–H groups in total. The fourth-order valence-corrected chi connectivity index (χ4v) is 6.17. The number of carbonyl (C=O) groups is 1. The van der Waals surface area contributed by atoms with Crippen LogP contribution in [0.5, 0.6) is 5.75 Å². The quantitative estimate of drug-likeness (QED) is 0.555. The first-order valence-electron chi connectivity index (χ1n) is 12.8. The Labute approximate surface area is 216 Å². The van der Waals surface area contributed by atoms with E-state index in [0.717, 1.165) is 60.4 Å². The standard InChI is InChI=1S/C30H29FN4O2/c1-34-10-11-37-29-14-19(5-9-28(29)34)25-8-4-20(12-26(25)18-2-3-21(17-32)27(31)13-18)30(36)35-23-6-7-24(35)16-22(33)15-23/h2-5,8-9,12-14,22-24H,6-7,10-11,15-16,33H2,1H3/t22?,23-,24+. The van der Waals surface area contributed by atoms with Gasteiger partial charge in [0, 0.05) is 30.7 Å². The molecule has 0 aromatic heterocycles. The number of likely N-dealkylation sites (N-methyl/N-ethyl adjacent to an activating group) is 1. The van der Waals surface area contributed by atoms with Crippen molar-refractivity contribution in [3.05, 3.63) is 71.5 Å². The van der Waals surface area contributed by atoms with Crippen LogP contribution in [0.4, 0.5) is 10.1 Å². The third-order valence-electron chi connectivity index (χ3n) is 8.04. The highest BCUT2D eigenvalue weighted by atomic mass is 19.1. The average Bonchev–Trinajstić information content (AvgIpc) is 3.18. The van der Waals surface area contributed by atoms with Crippen molar-refractivity contribution in [1.29, 1.82) is 5.26 Å². The molecule has 6 rings (SSSR count). The Morgan fingerprint density at radius 2 is 1.76 bits per heavy atom. The van der Waals surface area contributed by atoms with Crippen molar-refractivity contribution >= 4 is 11.6 Å². The predicted octanol–water partition coefficient (Wildman–Crippen LogP) is 4.95. The molecule has 3 heterocycles. The summed E-state index contributed by atoms with van der Waals surface area (Å²) in [6, 6.07) is 18.7. The molecule has 3 aliphatic rings. The summed E-state index contributed by atoms with van der Waals surface area (Å²) in [6.45, 7) is 1.43. The molecule has 3 aromatic rings. The van der Waals surface area contributed by atoms with Crippen LogP contribution < -0.4 is 15.4 Å². The Balaban J connectivity index is 1.45. The number of carbonyl (C=O) groups excluding carboxylic acids is 1. The van der Waals surface area contributed by atoms with E-state index in [4.69, 9.17) is 10.5 Å². The molecular weight excluding hydrogens is 467 g/mol. The second kappa shape index (κ2) is 9.20. The molecule has 0 radical (unpaired) electrons. The smallest absolute Gasteiger partial charge is 0.254 e. The molecule has 3 aliphatic heterocycles. The maximum Gasteiger partial charge on any atom is 0.254 e. The molecular formula is C30H29FN4O2. The van der Waals surface area contributed by atoms with Crippen molar-refractivity contribution in [2.45, 2.75) is 43.8 Å². The molecule has 37 heavy (non-hydrogen) atoms. The fourth-order valence-electron chi connectivity index (χ4n) is 6.17. The van der Waals surface area contributed by atoms with Gasteiger partial charge in [-0.2, -0.15) is 5.26 Å². The van der Waals surface area contributed by atoms with Crippen molar-refractivity contribution in [2.24, 2.45) is 5.73 Å². The SMILES string of the molecule is CN1CCOc2cc(-c3ccc(C(=O)N4[C@@H]5CC[C@H]4CC(N)C5)cc3-c3ccc(C#N)c(F)c3)ccc21. The first-order chi connectivity index (χ1) is 17.9. The van der Waals surface area contributed by atoms with Crippen LogP contribution in [0.2, 0.25) is 0 Å². The van der Waals surface area contributed by atoms with Gasteiger partial charge in [-0.05, 0) is 84.3 Å². The number of benzene rings is 3. The number of nitrogens with zero attached hydrogens (tertiary/aromatic N) is 3. The fraction of sp³-hybridized carbons (Fsp3) is 0.333. The number of amides is 1. The number of nitrogens with two attached hydrogens (primary N) is 1. The summed E-state index contributed by atoms with van der Waals surface area (Å²) in [6.07, 6.45) is 3.63. The van der Waals surface area contributed by atoms with E-state index in [9.17, 15) is 14.4 Å². The van der Waals surface area contributed by atoms with Crippen molar-refractivity contribution < 1.29 is 13.9 Å². The third-order valence-corrected chi connectivity index (χ3v) is 8.04. The minimum Gasteiger partial charge on any atom is -0.490 e. The van der Waals surface area contributed by atoms with Crippen LogP contribution in [-0.2, 0) is 0 Å². The van der Waals surface area contributed by atoms with E-state index in [1.54, 1.807) is 6.07 Å². The predicted molar refractivity (Wildman–Crippen MR) is 141 cm³/mol. The van der Waals surface area contributed by atoms with Crippen LogP contribution in [-0.4, -0.2) is 49.1 Å². The lowest BCUT2D eigenvalue weighted by Crippen LogP contribution is -2.50. The van der Waals surface area contributed by atoms with E-state index in [-0.39, 0.29) is 29.6 Å². The molecule has 2 fully saturated rings. The first kappa shape index (κ1) is 23.5. The van der Waals surface area contributed by atoms with Gasteiger partial charge in [-0.15, -0.1) is 0 Å². The normalized spacial score (nSPS) is 22.3. The number of nitriles is 1. The molecule has 7 heteroatoms. The van der Waals surface area contributed by atoms with Crippen LogP contribution in [0.15, 0.2) is 54.6 Å². The van der Waals surface area contributed by atoms with Crippen molar-refractivity contribution in [2.75, 3.05) is 25.1 Å². The van der Waals surface area contributed by atoms with E-state index in [1.807, 2.05) is 54.4 Å². The van der Waals surface area contributed by atoms with Gasteiger partial charge in [0.25, 0.3) is 5.91 Å². The van der Waals surface area contributed by atoms with Crippen LogP contribution >= 0.6 is 0 Å². The zero-order valence-electron chi connectivity index (χ0n) is 20.8. The molecule has 188 valence electrons. The summed E-state index contributed by atoms with van der Waals surface area (Å²) in [5.74, 6) is 0.211. The number of anilines is 1. The summed E-state index contributed by atoms with van der Waals surface area (Å²) in [4.78, 5) is 17.9. The zero-order valence-corrected chi connectivity index (χ0v) is 20.8. The van der Waals surface area contributed by atoms with Crippen LogP contribution in [0, 0.1) is 17.1 Å². The maximum atomic E-state index is 14.7. The number of ether oxygens (including phenoxy) is 1. The molecule has 3 aromatic carbocycles. The third kappa shape index (κ3) is 4.11. The van der Waals surface area contributed by atoms with E-state index in [1.165, 1.54) is 12.1 Å². The highest BCUT2D eigenvalue weighted by Gasteiger charge is 2.42. The van der Waals surface area contributed by atoms with Crippen LogP contribution in [0.1, 0.15) is 41.6 Å². The van der Waals surface area contributed by atoms with Gasteiger partial charge in [-0.25, -0.2) is 4.39 Å². The molecule has 6 nitrogen and oxygen atoms in total. The molecule has 0 saturated carbocycles. The average molecular weight is 497 g/mol. The van der Waals surface area contributed by atoms with Gasteiger partial charge in [0.1, 0.15) is 24.2 Å². The van der Waals surface area contributed by atoms with Gasteiger partial charge in [-0.3, -0.25) is 4.79 Å². The lowest BCUT2D eigenvalue weighted by atomic mass is 9.91. The molecule has 0 aliphatic carbocycles. The zero-order chi connectivity index (χ0) is 25.7. The Hall–Kier alpha value is -3.89. The number of piperidine rings is 1. The van der Waals surface area contributed by atoms with E-state index >= 15 is 0 Å². The Kier molecular flexibility index (Phi) is 5.85. The number of rotatable bonds is 3. The van der Waals surface area contributed by atoms with Crippen LogP contribution in [0.3, 0.4) is 0 Å². The molecule has 1 unspecified atom stereocenters. The topological polar surface area (TPSA) is 82.6 Å². The van der Waals surface area contributed by atoms with E-state index in [0.29, 0.717) is 17.7 Å².